The van der Waals surface area contributed by atoms with Gasteiger partial charge in [0, 0.05) is 0 Å². The number of aliphatic carboxylic acids is 1. The Bertz CT molecular complexity index is 426. The van der Waals surface area contributed by atoms with Crippen molar-refractivity contribution in [3.63, 3.8) is 0 Å². The standard InChI is InChI=1S/C11H12O4S/c1-14-8-4-3-7(5-9(8)15-2)6-10(16)11(12)13/h3-6,16H,1-2H3,(H,12,13). The lowest BCUT2D eigenvalue weighted by atomic mass is 10.2. The Hall–Kier alpha value is -1.62. The Balaban J connectivity index is 3.09. The average molecular weight is 240 g/mol. The number of hydrogen-bond acceptors (Lipinski definition) is 4. The van der Waals surface area contributed by atoms with E-state index >= 15 is 0 Å². The number of thiol groups is 1. The molecule has 0 atom stereocenters. The number of carboxylic acid groups (broad SMARTS) is 1. The predicted octanol–water partition coefficient (Wildman–Crippen LogP) is 2.06. The highest BCUT2D eigenvalue weighted by atomic mass is 32.1. The molecule has 0 amide bonds. The number of hydrogen-bond donors (Lipinski definition) is 2. The fourth-order valence-corrected chi connectivity index (χ4v) is 1.31. The number of carbonyl (C=O) groups is 1. The van der Waals surface area contributed by atoms with Crippen LogP contribution in [-0.4, -0.2) is 25.3 Å². The maximum absolute atomic E-state index is 10.6. The third kappa shape index (κ3) is 2.93. The molecule has 0 saturated heterocycles. The molecule has 0 unspecified atom stereocenters. The third-order valence-electron chi connectivity index (χ3n) is 1.93. The number of rotatable bonds is 4. The van der Waals surface area contributed by atoms with Gasteiger partial charge < -0.3 is 14.6 Å². The van der Waals surface area contributed by atoms with E-state index in [-0.39, 0.29) is 4.91 Å². The van der Waals surface area contributed by atoms with Crippen molar-refractivity contribution in [1.82, 2.24) is 0 Å². The van der Waals surface area contributed by atoms with Crippen molar-refractivity contribution in [3.05, 3.63) is 28.7 Å². The third-order valence-corrected chi connectivity index (χ3v) is 2.25. The zero-order chi connectivity index (χ0) is 12.1. The second-order valence-electron chi connectivity index (χ2n) is 2.95. The normalized spacial score (nSPS) is 11.1. The molecule has 0 bridgehead atoms. The molecule has 0 aliphatic heterocycles. The molecule has 0 saturated carbocycles. The summed E-state index contributed by atoms with van der Waals surface area (Å²) in [5.74, 6) is 0.0663. The largest absolute Gasteiger partial charge is 0.493 e. The summed E-state index contributed by atoms with van der Waals surface area (Å²) in [6.07, 6.45) is 1.44. The second kappa shape index (κ2) is 5.46. The van der Waals surface area contributed by atoms with Crippen LogP contribution in [-0.2, 0) is 4.79 Å². The van der Waals surface area contributed by atoms with E-state index in [2.05, 4.69) is 12.6 Å². The van der Waals surface area contributed by atoms with Gasteiger partial charge in [-0.1, -0.05) is 6.07 Å². The summed E-state index contributed by atoms with van der Waals surface area (Å²) in [4.78, 5) is 10.5. The minimum Gasteiger partial charge on any atom is -0.493 e. The predicted molar refractivity (Wildman–Crippen MR) is 64.1 cm³/mol. The molecule has 1 rings (SSSR count). The highest BCUT2D eigenvalue weighted by Gasteiger charge is 2.05. The summed E-state index contributed by atoms with van der Waals surface area (Å²) in [6.45, 7) is 0. The molecule has 0 fully saturated rings. The molecule has 0 aromatic heterocycles. The fraction of sp³-hybridized carbons (Fsp3) is 0.182. The second-order valence-corrected chi connectivity index (χ2v) is 3.43. The topological polar surface area (TPSA) is 55.8 Å². The van der Waals surface area contributed by atoms with Gasteiger partial charge in [0.25, 0.3) is 0 Å². The van der Waals surface area contributed by atoms with Crippen LogP contribution in [0.4, 0.5) is 0 Å². The summed E-state index contributed by atoms with van der Waals surface area (Å²) in [6, 6.07) is 5.10. The summed E-state index contributed by atoms with van der Waals surface area (Å²) < 4.78 is 10.2. The first kappa shape index (κ1) is 12.4. The van der Waals surface area contributed by atoms with E-state index in [9.17, 15) is 4.79 Å². The molecular formula is C11H12O4S. The van der Waals surface area contributed by atoms with Crippen molar-refractivity contribution in [2.75, 3.05) is 14.2 Å². The lowest BCUT2D eigenvalue weighted by Crippen LogP contribution is -1.94. The van der Waals surface area contributed by atoms with E-state index in [1.807, 2.05) is 0 Å². The van der Waals surface area contributed by atoms with E-state index in [1.54, 1.807) is 18.2 Å². The van der Waals surface area contributed by atoms with Gasteiger partial charge in [-0.2, -0.15) is 0 Å². The van der Waals surface area contributed by atoms with E-state index in [4.69, 9.17) is 14.6 Å². The van der Waals surface area contributed by atoms with Crippen LogP contribution in [0.5, 0.6) is 11.5 Å². The minimum atomic E-state index is -1.07. The molecule has 5 heteroatoms. The van der Waals surface area contributed by atoms with Gasteiger partial charge >= 0.3 is 5.97 Å². The van der Waals surface area contributed by atoms with Crippen LogP contribution in [0.1, 0.15) is 5.56 Å². The summed E-state index contributed by atoms with van der Waals surface area (Å²) in [7, 11) is 3.05. The van der Waals surface area contributed by atoms with Crippen LogP contribution in [0.3, 0.4) is 0 Å². The molecule has 0 radical (unpaired) electrons. The highest BCUT2D eigenvalue weighted by molar-refractivity contribution is 7.85. The molecule has 0 heterocycles. The Kier molecular flexibility index (Phi) is 4.25. The molecule has 1 aromatic carbocycles. The molecule has 0 spiro atoms. The Morgan fingerprint density at radius 1 is 1.31 bits per heavy atom. The SMILES string of the molecule is COc1ccc(C=C(S)C(=O)O)cc1OC. The Morgan fingerprint density at radius 2 is 1.94 bits per heavy atom. The number of ether oxygens (including phenoxy) is 2. The van der Waals surface area contributed by atoms with Crippen LogP contribution in [0.25, 0.3) is 6.08 Å². The van der Waals surface area contributed by atoms with Gasteiger partial charge in [-0.25, -0.2) is 4.79 Å². The molecule has 4 nitrogen and oxygen atoms in total. The zero-order valence-corrected chi connectivity index (χ0v) is 9.82. The lowest BCUT2D eigenvalue weighted by Gasteiger charge is -2.07. The summed E-state index contributed by atoms with van der Waals surface area (Å²) in [5.41, 5.74) is 0.685. The maximum atomic E-state index is 10.6. The highest BCUT2D eigenvalue weighted by Crippen LogP contribution is 2.28. The monoisotopic (exact) mass is 240 g/mol. The van der Waals surface area contributed by atoms with Crippen molar-refractivity contribution in [2.45, 2.75) is 0 Å². The maximum Gasteiger partial charge on any atom is 0.341 e. The fourth-order valence-electron chi connectivity index (χ4n) is 1.16. The molecular weight excluding hydrogens is 228 g/mol. The van der Waals surface area contributed by atoms with Gasteiger partial charge in [0.15, 0.2) is 11.5 Å². The van der Waals surface area contributed by atoms with Crippen LogP contribution in [0, 0.1) is 0 Å². The number of benzene rings is 1. The zero-order valence-electron chi connectivity index (χ0n) is 8.93. The van der Waals surface area contributed by atoms with E-state index in [1.165, 1.54) is 20.3 Å². The first-order valence-electron chi connectivity index (χ1n) is 4.44. The van der Waals surface area contributed by atoms with Crippen molar-refractivity contribution < 1.29 is 19.4 Å². The van der Waals surface area contributed by atoms with Gasteiger partial charge in [-0.05, 0) is 23.8 Å². The van der Waals surface area contributed by atoms with Gasteiger partial charge in [-0.15, -0.1) is 12.6 Å². The Labute approximate surface area is 98.9 Å². The number of carboxylic acids is 1. The van der Waals surface area contributed by atoms with Crippen LogP contribution in [0.15, 0.2) is 23.1 Å². The molecule has 16 heavy (non-hydrogen) atoms. The van der Waals surface area contributed by atoms with Crippen LogP contribution in [0.2, 0.25) is 0 Å². The van der Waals surface area contributed by atoms with Crippen molar-refractivity contribution in [2.24, 2.45) is 0 Å². The average Bonchev–Trinajstić information content (AvgIpc) is 2.28. The lowest BCUT2D eigenvalue weighted by molar-refractivity contribution is -0.131. The van der Waals surface area contributed by atoms with Crippen LogP contribution < -0.4 is 9.47 Å². The van der Waals surface area contributed by atoms with Gasteiger partial charge in [0.2, 0.25) is 0 Å². The smallest absolute Gasteiger partial charge is 0.341 e. The number of methoxy groups -OCH3 is 2. The molecule has 1 aromatic rings. The van der Waals surface area contributed by atoms with Crippen LogP contribution >= 0.6 is 12.6 Å². The molecule has 0 aliphatic carbocycles. The summed E-state index contributed by atoms with van der Waals surface area (Å²) >= 11 is 3.84. The first-order chi connectivity index (χ1) is 7.58. The molecule has 0 aliphatic rings. The minimum absolute atomic E-state index is 0.0350. The van der Waals surface area contributed by atoms with E-state index in [0.717, 1.165) is 0 Å². The summed E-state index contributed by atoms with van der Waals surface area (Å²) in [5, 5.41) is 8.67. The van der Waals surface area contributed by atoms with Gasteiger partial charge in [0.1, 0.15) is 0 Å². The van der Waals surface area contributed by atoms with Gasteiger partial charge in [-0.3, -0.25) is 0 Å². The Morgan fingerprint density at radius 3 is 2.44 bits per heavy atom. The van der Waals surface area contributed by atoms with Crippen molar-refractivity contribution in [3.8, 4) is 11.5 Å². The van der Waals surface area contributed by atoms with Crippen molar-refractivity contribution >= 4 is 24.7 Å². The van der Waals surface area contributed by atoms with Gasteiger partial charge in [0.05, 0.1) is 19.1 Å². The molecule has 1 N–H and O–H groups in total. The quantitative estimate of drug-likeness (QED) is 0.625. The first-order valence-corrected chi connectivity index (χ1v) is 4.89. The van der Waals surface area contributed by atoms with Crippen molar-refractivity contribution in [1.29, 1.82) is 0 Å². The molecule has 86 valence electrons. The van der Waals surface area contributed by atoms with E-state index < -0.39 is 5.97 Å². The van der Waals surface area contributed by atoms with E-state index in [0.29, 0.717) is 17.1 Å².